The third-order valence-corrected chi connectivity index (χ3v) is 6.65. The van der Waals surface area contributed by atoms with Gasteiger partial charge >= 0.3 is 0 Å². The molecule has 4 rings (SSSR count). The first-order valence-electron chi connectivity index (χ1n) is 10.8. The summed E-state index contributed by atoms with van der Waals surface area (Å²) in [6.07, 6.45) is 1.53. The van der Waals surface area contributed by atoms with Crippen LogP contribution < -0.4 is 14.9 Å². The van der Waals surface area contributed by atoms with Crippen molar-refractivity contribution in [2.45, 2.75) is 4.90 Å². The van der Waals surface area contributed by atoms with Gasteiger partial charge in [0.2, 0.25) is 0 Å². The second-order valence-electron chi connectivity index (χ2n) is 7.63. The van der Waals surface area contributed by atoms with Gasteiger partial charge in [0.25, 0.3) is 15.7 Å². The Labute approximate surface area is 208 Å². The lowest BCUT2D eigenvalue weighted by molar-refractivity contribution is -0.385. The molecule has 0 atom stereocenters. The first kappa shape index (κ1) is 24.4. The summed E-state index contributed by atoms with van der Waals surface area (Å²) in [7, 11) is -2.68. The molecule has 0 saturated heterocycles. The maximum Gasteiger partial charge on any atom is 0.270 e. The van der Waals surface area contributed by atoms with E-state index in [2.05, 4.69) is 15.2 Å². The van der Waals surface area contributed by atoms with Crippen LogP contribution in [0.25, 0.3) is 11.1 Å². The number of hydrogen-bond donors (Lipinski definition) is 2. The standard InChI is InChI=1S/C26H22N4O5S/c1-35-24-14-11-22(12-15-24)29-36(33,34)26-17-23(30(31)32)13-16-25(26)28-27-18-19-7-9-21(10-8-19)20-5-3-2-4-6-20/h2-18,28-29H,1H3/b27-18-. The van der Waals surface area contributed by atoms with Crippen LogP contribution in [0.4, 0.5) is 17.1 Å². The number of hydrazone groups is 1. The van der Waals surface area contributed by atoms with Crippen LogP contribution in [-0.4, -0.2) is 26.7 Å². The Morgan fingerprint density at radius 2 is 1.56 bits per heavy atom. The summed E-state index contributed by atoms with van der Waals surface area (Å²) < 4.78 is 33.7. The minimum Gasteiger partial charge on any atom is -0.497 e. The van der Waals surface area contributed by atoms with Gasteiger partial charge in [0, 0.05) is 17.8 Å². The first-order chi connectivity index (χ1) is 17.4. The molecule has 2 N–H and O–H groups in total. The van der Waals surface area contributed by atoms with Gasteiger partial charge in [-0.25, -0.2) is 8.42 Å². The van der Waals surface area contributed by atoms with Gasteiger partial charge in [0.05, 0.1) is 23.9 Å². The van der Waals surface area contributed by atoms with Gasteiger partial charge in [0.15, 0.2) is 0 Å². The number of methoxy groups -OCH3 is 1. The Kier molecular flexibility index (Phi) is 7.26. The molecule has 0 aromatic heterocycles. The zero-order chi connectivity index (χ0) is 25.5. The molecule has 0 radical (unpaired) electrons. The largest absolute Gasteiger partial charge is 0.497 e. The zero-order valence-corrected chi connectivity index (χ0v) is 20.0. The summed E-state index contributed by atoms with van der Waals surface area (Å²) in [6.45, 7) is 0. The number of benzene rings is 4. The molecule has 0 amide bonds. The van der Waals surface area contributed by atoms with Gasteiger partial charge in [-0.2, -0.15) is 5.10 Å². The monoisotopic (exact) mass is 502 g/mol. The van der Waals surface area contributed by atoms with Crippen molar-refractivity contribution in [3.63, 3.8) is 0 Å². The summed E-state index contributed by atoms with van der Waals surface area (Å²) in [5, 5.41) is 15.4. The minimum atomic E-state index is -4.18. The van der Waals surface area contributed by atoms with Crippen molar-refractivity contribution >= 4 is 33.3 Å². The second-order valence-corrected chi connectivity index (χ2v) is 9.28. The number of nitrogens with zero attached hydrogens (tertiary/aromatic N) is 2. The molecule has 0 saturated carbocycles. The summed E-state index contributed by atoms with van der Waals surface area (Å²) in [5.74, 6) is 0.557. The molecule has 0 aliphatic rings. The number of hydrogen-bond acceptors (Lipinski definition) is 7. The molecule has 0 aliphatic carbocycles. The van der Waals surface area contributed by atoms with E-state index < -0.39 is 14.9 Å². The SMILES string of the molecule is COc1ccc(NS(=O)(=O)c2cc([N+](=O)[O-])ccc2N/N=C\c2ccc(-c3ccccc3)cc2)cc1. The molecule has 10 heteroatoms. The van der Waals surface area contributed by atoms with Crippen LogP contribution in [0, 0.1) is 10.1 Å². The maximum absolute atomic E-state index is 13.1. The highest BCUT2D eigenvalue weighted by Gasteiger charge is 2.22. The summed E-state index contributed by atoms with van der Waals surface area (Å²) in [5.41, 5.74) is 5.60. The number of ether oxygens (including phenoxy) is 1. The van der Waals surface area contributed by atoms with Gasteiger partial charge in [-0.3, -0.25) is 20.3 Å². The Morgan fingerprint density at radius 1 is 0.889 bits per heavy atom. The second kappa shape index (κ2) is 10.7. The average Bonchev–Trinajstić information content (AvgIpc) is 2.90. The van der Waals surface area contributed by atoms with Gasteiger partial charge in [-0.15, -0.1) is 0 Å². The lowest BCUT2D eigenvalue weighted by Crippen LogP contribution is -2.15. The van der Waals surface area contributed by atoms with Gasteiger partial charge < -0.3 is 4.74 Å². The van der Waals surface area contributed by atoms with Crippen molar-refractivity contribution < 1.29 is 18.1 Å². The lowest BCUT2D eigenvalue weighted by Gasteiger charge is -2.12. The molecule has 4 aromatic carbocycles. The number of nitro benzene ring substituents is 1. The maximum atomic E-state index is 13.1. The van der Waals surface area contributed by atoms with E-state index in [1.807, 2.05) is 54.6 Å². The van der Waals surface area contributed by atoms with Gasteiger partial charge in [-0.1, -0.05) is 54.6 Å². The van der Waals surface area contributed by atoms with Crippen molar-refractivity contribution in [3.05, 3.63) is 113 Å². The zero-order valence-electron chi connectivity index (χ0n) is 19.2. The number of nitrogens with one attached hydrogen (secondary N) is 2. The van der Waals surface area contributed by atoms with Crippen LogP contribution in [0.1, 0.15) is 5.56 Å². The fourth-order valence-corrected chi connectivity index (χ4v) is 4.61. The first-order valence-corrected chi connectivity index (χ1v) is 12.2. The van der Waals surface area contributed by atoms with Crippen molar-refractivity contribution in [2.75, 3.05) is 17.3 Å². The highest BCUT2D eigenvalue weighted by Crippen LogP contribution is 2.29. The van der Waals surface area contributed by atoms with Crippen LogP contribution in [-0.2, 0) is 10.0 Å². The Morgan fingerprint density at radius 3 is 2.19 bits per heavy atom. The molecular formula is C26H22N4O5S. The molecule has 0 unspecified atom stereocenters. The number of sulfonamides is 1. The lowest BCUT2D eigenvalue weighted by atomic mass is 10.0. The van der Waals surface area contributed by atoms with E-state index in [4.69, 9.17) is 4.74 Å². The number of anilines is 2. The molecule has 0 bridgehead atoms. The van der Waals surface area contributed by atoms with E-state index in [1.54, 1.807) is 12.1 Å². The molecule has 0 fully saturated rings. The van der Waals surface area contributed by atoms with Crippen LogP contribution in [0.3, 0.4) is 0 Å². The van der Waals surface area contributed by atoms with E-state index in [0.717, 1.165) is 22.8 Å². The fraction of sp³-hybridized carbons (Fsp3) is 0.0385. The van der Waals surface area contributed by atoms with E-state index in [9.17, 15) is 18.5 Å². The number of rotatable bonds is 9. The van der Waals surface area contributed by atoms with Gasteiger partial charge in [-0.05, 0) is 47.0 Å². The topological polar surface area (TPSA) is 123 Å². The van der Waals surface area contributed by atoms with Crippen LogP contribution in [0.5, 0.6) is 5.75 Å². The van der Waals surface area contributed by atoms with Crippen molar-refractivity contribution in [3.8, 4) is 16.9 Å². The van der Waals surface area contributed by atoms with E-state index in [-0.39, 0.29) is 22.0 Å². The molecule has 4 aromatic rings. The van der Waals surface area contributed by atoms with E-state index >= 15 is 0 Å². The molecule has 182 valence electrons. The predicted octanol–water partition coefficient (Wildman–Crippen LogP) is 5.52. The number of non-ortho nitro benzene ring substituents is 1. The van der Waals surface area contributed by atoms with Crippen molar-refractivity contribution in [1.82, 2.24) is 0 Å². The van der Waals surface area contributed by atoms with Crippen LogP contribution in [0.15, 0.2) is 107 Å². The molecule has 36 heavy (non-hydrogen) atoms. The Hall–Kier alpha value is -4.70. The summed E-state index contributed by atoms with van der Waals surface area (Å²) in [4.78, 5) is 10.3. The highest BCUT2D eigenvalue weighted by atomic mass is 32.2. The quantitative estimate of drug-likeness (QED) is 0.177. The van der Waals surface area contributed by atoms with E-state index in [1.165, 1.54) is 37.6 Å². The summed E-state index contributed by atoms with van der Waals surface area (Å²) >= 11 is 0. The van der Waals surface area contributed by atoms with Crippen LogP contribution >= 0.6 is 0 Å². The molecule has 0 spiro atoms. The third-order valence-electron chi connectivity index (χ3n) is 5.22. The third kappa shape index (κ3) is 5.86. The average molecular weight is 503 g/mol. The fourth-order valence-electron chi connectivity index (χ4n) is 3.38. The van der Waals surface area contributed by atoms with Crippen molar-refractivity contribution in [1.29, 1.82) is 0 Å². The highest BCUT2D eigenvalue weighted by molar-refractivity contribution is 7.92. The minimum absolute atomic E-state index is 0.0822. The van der Waals surface area contributed by atoms with Gasteiger partial charge in [0.1, 0.15) is 10.6 Å². The molecular weight excluding hydrogens is 480 g/mol. The molecule has 9 nitrogen and oxygen atoms in total. The molecule has 0 aliphatic heterocycles. The Balaban J connectivity index is 1.56. The molecule has 0 heterocycles. The van der Waals surface area contributed by atoms with E-state index in [0.29, 0.717) is 5.75 Å². The Bertz CT molecular complexity index is 1490. The number of nitro groups is 1. The normalized spacial score (nSPS) is 11.2. The predicted molar refractivity (Wildman–Crippen MR) is 140 cm³/mol. The summed E-state index contributed by atoms with van der Waals surface area (Å²) in [6, 6.07) is 27.3. The van der Waals surface area contributed by atoms with Crippen molar-refractivity contribution in [2.24, 2.45) is 5.10 Å². The van der Waals surface area contributed by atoms with Crippen LogP contribution in [0.2, 0.25) is 0 Å². The smallest absolute Gasteiger partial charge is 0.270 e.